The van der Waals surface area contributed by atoms with Crippen molar-refractivity contribution in [3.05, 3.63) is 64.4 Å². The molecule has 0 radical (unpaired) electrons. The molecular weight excluding hydrogens is 248 g/mol. The minimum atomic E-state index is 0.374. The number of pyridine rings is 1. The third-order valence-electron chi connectivity index (χ3n) is 2.44. The number of nitriles is 1. The summed E-state index contributed by atoms with van der Waals surface area (Å²) in [5.41, 5.74) is 2.25. The van der Waals surface area contributed by atoms with Gasteiger partial charge in [0.25, 0.3) is 0 Å². The molecule has 90 valence electrons. The SMILES string of the molecule is N#Cc1ncccc1COCc1ccc(Cl)cc1. The Hall–Kier alpha value is -1.89. The van der Waals surface area contributed by atoms with Crippen molar-refractivity contribution >= 4 is 11.6 Å². The Bertz CT molecular complexity index is 561. The van der Waals surface area contributed by atoms with E-state index in [2.05, 4.69) is 4.98 Å². The van der Waals surface area contributed by atoms with Gasteiger partial charge in [-0.05, 0) is 23.8 Å². The quantitative estimate of drug-likeness (QED) is 0.845. The van der Waals surface area contributed by atoms with Gasteiger partial charge in [0.05, 0.1) is 13.2 Å². The smallest absolute Gasteiger partial charge is 0.145 e. The van der Waals surface area contributed by atoms with Crippen molar-refractivity contribution in [2.24, 2.45) is 0 Å². The first-order valence-electron chi connectivity index (χ1n) is 5.46. The van der Waals surface area contributed by atoms with Gasteiger partial charge in [0.2, 0.25) is 0 Å². The maximum absolute atomic E-state index is 8.88. The van der Waals surface area contributed by atoms with E-state index in [-0.39, 0.29) is 0 Å². The second-order valence-electron chi connectivity index (χ2n) is 3.74. The van der Waals surface area contributed by atoms with E-state index in [0.29, 0.717) is 23.9 Å². The standard InChI is InChI=1S/C14H11ClN2O/c15-13-5-3-11(4-6-13)9-18-10-12-2-1-7-17-14(12)8-16/h1-7H,9-10H2. The summed E-state index contributed by atoms with van der Waals surface area (Å²) in [7, 11) is 0. The van der Waals surface area contributed by atoms with Gasteiger partial charge in [-0.3, -0.25) is 0 Å². The summed E-state index contributed by atoms with van der Waals surface area (Å²) in [6, 6.07) is 13.2. The van der Waals surface area contributed by atoms with Crippen LogP contribution >= 0.6 is 11.6 Å². The van der Waals surface area contributed by atoms with E-state index < -0.39 is 0 Å². The third kappa shape index (κ3) is 3.30. The lowest BCUT2D eigenvalue weighted by atomic mass is 10.2. The number of hydrogen-bond donors (Lipinski definition) is 0. The van der Waals surface area contributed by atoms with Gasteiger partial charge in [0.15, 0.2) is 0 Å². The third-order valence-corrected chi connectivity index (χ3v) is 2.69. The van der Waals surface area contributed by atoms with Crippen molar-refractivity contribution < 1.29 is 4.74 Å². The van der Waals surface area contributed by atoms with E-state index in [1.807, 2.05) is 36.4 Å². The van der Waals surface area contributed by atoms with Crippen LogP contribution in [0.25, 0.3) is 0 Å². The molecule has 2 aromatic rings. The Balaban J connectivity index is 1.93. The lowest BCUT2D eigenvalue weighted by molar-refractivity contribution is 0.107. The minimum Gasteiger partial charge on any atom is -0.372 e. The normalized spacial score (nSPS) is 10.0. The highest BCUT2D eigenvalue weighted by atomic mass is 35.5. The average molecular weight is 259 g/mol. The number of halogens is 1. The van der Waals surface area contributed by atoms with Crippen molar-refractivity contribution in [3.8, 4) is 6.07 Å². The van der Waals surface area contributed by atoms with Gasteiger partial charge >= 0.3 is 0 Å². The van der Waals surface area contributed by atoms with Crippen LogP contribution in [0.2, 0.25) is 5.02 Å². The van der Waals surface area contributed by atoms with Gasteiger partial charge in [-0.2, -0.15) is 5.26 Å². The van der Waals surface area contributed by atoms with Crippen LogP contribution in [0.3, 0.4) is 0 Å². The Labute approximate surface area is 111 Å². The number of ether oxygens (including phenoxy) is 1. The van der Waals surface area contributed by atoms with Crippen LogP contribution in [0.1, 0.15) is 16.8 Å². The zero-order chi connectivity index (χ0) is 12.8. The molecule has 2 rings (SSSR count). The lowest BCUT2D eigenvalue weighted by Crippen LogP contribution is -1.98. The van der Waals surface area contributed by atoms with Crippen LogP contribution in [-0.4, -0.2) is 4.98 Å². The van der Waals surface area contributed by atoms with Crippen molar-refractivity contribution in [1.29, 1.82) is 5.26 Å². The summed E-state index contributed by atoms with van der Waals surface area (Å²) in [5.74, 6) is 0. The maximum Gasteiger partial charge on any atom is 0.145 e. The van der Waals surface area contributed by atoms with E-state index in [1.165, 1.54) is 0 Å². The Morgan fingerprint density at radius 1 is 1.17 bits per heavy atom. The molecule has 0 aliphatic heterocycles. The van der Waals surface area contributed by atoms with Crippen LogP contribution in [0.4, 0.5) is 0 Å². The van der Waals surface area contributed by atoms with Crippen LogP contribution < -0.4 is 0 Å². The monoisotopic (exact) mass is 258 g/mol. The van der Waals surface area contributed by atoms with Gasteiger partial charge in [-0.25, -0.2) is 4.98 Å². The van der Waals surface area contributed by atoms with E-state index in [0.717, 1.165) is 11.1 Å². The zero-order valence-electron chi connectivity index (χ0n) is 9.64. The molecule has 0 fully saturated rings. The van der Waals surface area contributed by atoms with Crippen molar-refractivity contribution in [3.63, 3.8) is 0 Å². The van der Waals surface area contributed by atoms with Crippen molar-refractivity contribution in [2.75, 3.05) is 0 Å². The van der Waals surface area contributed by atoms with Crippen molar-refractivity contribution in [1.82, 2.24) is 4.98 Å². The Morgan fingerprint density at radius 2 is 1.94 bits per heavy atom. The molecule has 18 heavy (non-hydrogen) atoms. The average Bonchev–Trinajstić information content (AvgIpc) is 2.41. The molecule has 0 amide bonds. The fourth-order valence-corrected chi connectivity index (χ4v) is 1.64. The highest BCUT2D eigenvalue weighted by molar-refractivity contribution is 6.30. The topological polar surface area (TPSA) is 45.9 Å². The summed E-state index contributed by atoms with van der Waals surface area (Å²) < 4.78 is 5.55. The molecular formula is C14H11ClN2O. The summed E-state index contributed by atoms with van der Waals surface area (Å²) in [5, 5.41) is 9.59. The second kappa shape index (κ2) is 6.15. The molecule has 3 nitrogen and oxygen atoms in total. The van der Waals surface area contributed by atoms with Crippen molar-refractivity contribution in [2.45, 2.75) is 13.2 Å². The Kier molecular flexibility index (Phi) is 4.30. The molecule has 1 heterocycles. The zero-order valence-corrected chi connectivity index (χ0v) is 10.4. The number of nitrogens with zero attached hydrogens (tertiary/aromatic N) is 2. The first kappa shape index (κ1) is 12.6. The maximum atomic E-state index is 8.88. The summed E-state index contributed by atoms with van der Waals surface area (Å²) in [6.07, 6.45) is 1.60. The van der Waals surface area contributed by atoms with Gasteiger partial charge < -0.3 is 4.74 Å². The Morgan fingerprint density at radius 3 is 2.67 bits per heavy atom. The van der Waals surface area contributed by atoms with E-state index in [1.54, 1.807) is 12.3 Å². The molecule has 1 aromatic carbocycles. The minimum absolute atomic E-state index is 0.374. The molecule has 4 heteroatoms. The van der Waals surface area contributed by atoms with Gasteiger partial charge in [-0.1, -0.05) is 29.8 Å². The molecule has 0 atom stereocenters. The number of rotatable bonds is 4. The first-order valence-corrected chi connectivity index (χ1v) is 5.83. The molecule has 0 bridgehead atoms. The van der Waals surface area contributed by atoms with E-state index >= 15 is 0 Å². The van der Waals surface area contributed by atoms with Gasteiger partial charge in [0.1, 0.15) is 11.8 Å². The summed E-state index contributed by atoms with van der Waals surface area (Å²) in [4.78, 5) is 3.98. The summed E-state index contributed by atoms with van der Waals surface area (Å²) >= 11 is 5.80. The molecule has 0 aliphatic rings. The molecule has 1 aromatic heterocycles. The van der Waals surface area contributed by atoms with E-state index in [4.69, 9.17) is 21.6 Å². The highest BCUT2D eigenvalue weighted by Crippen LogP contribution is 2.12. The number of hydrogen-bond acceptors (Lipinski definition) is 3. The number of benzene rings is 1. The molecule has 0 saturated heterocycles. The number of aromatic nitrogens is 1. The summed E-state index contributed by atoms with van der Waals surface area (Å²) in [6.45, 7) is 0.857. The molecule has 0 spiro atoms. The van der Waals surface area contributed by atoms with Crippen LogP contribution in [-0.2, 0) is 18.0 Å². The van der Waals surface area contributed by atoms with Crippen LogP contribution in [0, 0.1) is 11.3 Å². The predicted octanol–water partition coefficient (Wildman–Crippen LogP) is 3.32. The molecule has 0 saturated carbocycles. The van der Waals surface area contributed by atoms with E-state index in [9.17, 15) is 0 Å². The fourth-order valence-electron chi connectivity index (χ4n) is 1.52. The first-order chi connectivity index (χ1) is 8.79. The van der Waals surface area contributed by atoms with Gasteiger partial charge in [-0.15, -0.1) is 0 Å². The molecule has 0 unspecified atom stereocenters. The predicted molar refractivity (Wildman–Crippen MR) is 68.9 cm³/mol. The molecule has 0 N–H and O–H groups in total. The van der Waals surface area contributed by atoms with Gasteiger partial charge in [0, 0.05) is 16.8 Å². The molecule has 0 aliphatic carbocycles. The lowest BCUT2D eigenvalue weighted by Gasteiger charge is -2.05. The van der Waals surface area contributed by atoms with Crippen LogP contribution in [0.5, 0.6) is 0 Å². The highest BCUT2D eigenvalue weighted by Gasteiger charge is 2.02. The fraction of sp³-hybridized carbons (Fsp3) is 0.143. The van der Waals surface area contributed by atoms with Crippen LogP contribution in [0.15, 0.2) is 42.6 Å². The largest absolute Gasteiger partial charge is 0.372 e. The second-order valence-corrected chi connectivity index (χ2v) is 4.18.